The number of carbonyl (C=O) groups is 1. The number of methoxy groups -OCH3 is 2. The first kappa shape index (κ1) is 25.3. The van der Waals surface area contributed by atoms with E-state index < -0.39 is 0 Å². The van der Waals surface area contributed by atoms with E-state index in [0.29, 0.717) is 23.7 Å². The van der Waals surface area contributed by atoms with Crippen molar-refractivity contribution in [2.75, 3.05) is 33.9 Å². The monoisotopic (exact) mass is 440 g/mol. The molecule has 2 unspecified atom stereocenters. The van der Waals surface area contributed by atoms with Crippen LogP contribution < -0.4 is 19.5 Å². The van der Waals surface area contributed by atoms with Gasteiger partial charge >= 0.3 is 0 Å². The molecule has 0 spiro atoms. The molecule has 0 fully saturated rings. The average Bonchev–Trinajstić information content (AvgIpc) is 2.80. The highest BCUT2D eigenvalue weighted by atomic mass is 16.5. The SMILES string of the molecule is C=CCOc1ccc(C(C)N(CC)CC(C)NC(=O)c2cc(OC)cc(OC)c2)c(C)c1. The van der Waals surface area contributed by atoms with E-state index in [1.54, 1.807) is 38.5 Å². The van der Waals surface area contributed by atoms with Gasteiger partial charge in [-0.3, -0.25) is 9.69 Å². The predicted molar refractivity (Wildman–Crippen MR) is 129 cm³/mol. The average molecular weight is 441 g/mol. The first-order valence-corrected chi connectivity index (χ1v) is 10.9. The summed E-state index contributed by atoms with van der Waals surface area (Å²) in [5, 5.41) is 3.10. The zero-order chi connectivity index (χ0) is 23.7. The molecule has 0 radical (unpaired) electrons. The molecule has 2 aromatic carbocycles. The Morgan fingerprint density at radius 3 is 2.28 bits per heavy atom. The van der Waals surface area contributed by atoms with Gasteiger partial charge in [0.15, 0.2) is 0 Å². The van der Waals surface area contributed by atoms with E-state index in [-0.39, 0.29) is 18.0 Å². The minimum Gasteiger partial charge on any atom is -0.497 e. The second-order valence-corrected chi connectivity index (χ2v) is 7.86. The number of nitrogens with one attached hydrogen (secondary N) is 1. The number of nitrogens with zero attached hydrogens (tertiary/aromatic N) is 1. The summed E-state index contributed by atoms with van der Waals surface area (Å²) in [7, 11) is 3.14. The maximum Gasteiger partial charge on any atom is 0.251 e. The lowest BCUT2D eigenvalue weighted by Crippen LogP contribution is -2.43. The number of ether oxygens (including phenoxy) is 3. The molecule has 0 aromatic heterocycles. The zero-order valence-corrected chi connectivity index (χ0v) is 20.1. The summed E-state index contributed by atoms with van der Waals surface area (Å²) >= 11 is 0. The van der Waals surface area contributed by atoms with Crippen LogP contribution in [0.5, 0.6) is 17.2 Å². The molecular formula is C26H36N2O4. The molecule has 0 saturated heterocycles. The number of aryl methyl sites for hydroxylation is 1. The molecule has 2 atom stereocenters. The molecule has 32 heavy (non-hydrogen) atoms. The Bertz CT molecular complexity index is 890. The Balaban J connectivity index is 2.06. The van der Waals surface area contributed by atoms with Gasteiger partial charge in [-0.25, -0.2) is 0 Å². The lowest BCUT2D eigenvalue weighted by Gasteiger charge is -2.32. The van der Waals surface area contributed by atoms with Crippen LogP contribution in [0.2, 0.25) is 0 Å². The van der Waals surface area contributed by atoms with Crippen LogP contribution in [0.3, 0.4) is 0 Å². The number of hydrogen-bond acceptors (Lipinski definition) is 5. The summed E-state index contributed by atoms with van der Waals surface area (Å²) in [5.74, 6) is 1.86. The molecular weight excluding hydrogens is 404 g/mol. The third-order valence-corrected chi connectivity index (χ3v) is 5.51. The van der Waals surface area contributed by atoms with E-state index in [4.69, 9.17) is 14.2 Å². The summed E-state index contributed by atoms with van der Waals surface area (Å²) < 4.78 is 16.2. The number of amides is 1. The molecule has 2 aromatic rings. The molecule has 6 nitrogen and oxygen atoms in total. The van der Waals surface area contributed by atoms with Crippen molar-refractivity contribution < 1.29 is 19.0 Å². The van der Waals surface area contributed by atoms with Crippen LogP contribution in [0.25, 0.3) is 0 Å². The normalized spacial score (nSPS) is 12.7. The summed E-state index contributed by atoms with van der Waals surface area (Å²) in [5.41, 5.74) is 2.93. The van der Waals surface area contributed by atoms with Crippen molar-refractivity contribution in [3.63, 3.8) is 0 Å². The molecule has 6 heteroatoms. The molecule has 1 amide bonds. The molecule has 2 rings (SSSR count). The maximum atomic E-state index is 12.8. The smallest absolute Gasteiger partial charge is 0.251 e. The summed E-state index contributed by atoms with van der Waals surface area (Å²) in [6, 6.07) is 11.5. The Morgan fingerprint density at radius 2 is 1.75 bits per heavy atom. The van der Waals surface area contributed by atoms with Crippen molar-refractivity contribution in [3.05, 3.63) is 65.7 Å². The molecule has 0 heterocycles. The largest absolute Gasteiger partial charge is 0.497 e. The first-order valence-electron chi connectivity index (χ1n) is 10.9. The van der Waals surface area contributed by atoms with Crippen molar-refractivity contribution in [1.82, 2.24) is 10.2 Å². The van der Waals surface area contributed by atoms with Gasteiger partial charge in [-0.05, 0) is 62.7 Å². The fourth-order valence-electron chi connectivity index (χ4n) is 3.76. The number of carbonyl (C=O) groups excluding carboxylic acids is 1. The van der Waals surface area contributed by atoms with Gasteiger partial charge in [0, 0.05) is 30.3 Å². The minimum absolute atomic E-state index is 0.0439. The van der Waals surface area contributed by atoms with Gasteiger partial charge in [-0.15, -0.1) is 0 Å². The van der Waals surface area contributed by atoms with Gasteiger partial charge in [0.05, 0.1) is 14.2 Å². The van der Waals surface area contributed by atoms with Gasteiger partial charge in [0.25, 0.3) is 5.91 Å². The first-order chi connectivity index (χ1) is 15.3. The van der Waals surface area contributed by atoms with Crippen molar-refractivity contribution in [1.29, 1.82) is 0 Å². The molecule has 0 aliphatic heterocycles. The lowest BCUT2D eigenvalue weighted by molar-refractivity contribution is 0.0922. The van der Waals surface area contributed by atoms with Crippen LogP contribution >= 0.6 is 0 Å². The molecule has 0 saturated carbocycles. The summed E-state index contributed by atoms with van der Waals surface area (Å²) in [4.78, 5) is 15.2. The highest BCUT2D eigenvalue weighted by Gasteiger charge is 2.20. The van der Waals surface area contributed by atoms with Crippen LogP contribution in [-0.2, 0) is 0 Å². The number of rotatable bonds is 12. The van der Waals surface area contributed by atoms with Crippen LogP contribution in [0, 0.1) is 6.92 Å². The molecule has 174 valence electrons. The summed E-state index contributed by atoms with van der Waals surface area (Å²) in [6.45, 7) is 14.2. The van der Waals surface area contributed by atoms with E-state index >= 15 is 0 Å². The predicted octanol–water partition coefficient (Wildman–Crippen LogP) is 4.78. The number of benzene rings is 2. The van der Waals surface area contributed by atoms with Crippen LogP contribution in [0.1, 0.15) is 48.3 Å². The maximum absolute atomic E-state index is 12.8. The van der Waals surface area contributed by atoms with E-state index in [0.717, 1.165) is 18.8 Å². The van der Waals surface area contributed by atoms with E-state index in [2.05, 4.69) is 49.7 Å². The van der Waals surface area contributed by atoms with Gasteiger partial charge in [0.2, 0.25) is 0 Å². The molecule has 0 aliphatic carbocycles. The van der Waals surface area contributed by atoms with Gasteiger partial charge < -0.3 is 19.5 Å². The molecule has 0 bridgehead atoms. The van der Waals surface area contributed by atoms with Gasteiger partial charge in [0.1, 0.15) is 23.9 Å². The summed E-state index contributed by atoms with van der Waals surface area (Å²) in [6.07, 6.45) is 1.74. The lowest BCUT2D eigenvalue weighted by atomic mass is 10.0. The molecule has 1 N–H and O–H groups in total. The highest BCUT2D eigenvalue weighted by Crippen LogP contribution is 2.27. The quantitative estimate of drug-likeness (QED) is 0.482. The van der Waals surface area contributed by atoms with E-state index in [1.165, 1.54) is 11.1 Å². The standard InChI is InChI=1S/C26H36N2O4/c1-8-12-32-22-10-11-25(18(3)13-22)20(5)28(9-2)17-19(4)27-26(29)21-14-23(30-6)16-24(15-21)31-7/h8,10-11,13-16,19-20H,1,9,12,17H2,2-7H3,(H,27,29). The van der Waals surface area contributed by atoms with Crippen molar-refractivity contribution in [3.8, 4) is 17.2 Å². The van der Waals surface area contributed by atoms with Gasteiger partial charge in [-0.1, -0.05) is 25.6 Å². The van der Waals surface area contributed by atoms with Gasteiger partial charge in [-0.2, -0.15) is 0 Å². The zero-order valence-electron chi connectivity index (χ0n) is 20.1. The second kappa shape index (κ2) is 12.2. The Hall–Kier alpha value is -2.99. The number of likely N-dealkylation sites (N-methyl/N-ethyl adjacent to an activating group) is 1. The topological polar surface area (TPSA) is 60.0 Å². The number of hydrogen-bond donors (Lipinski definition) is 1. The Kier molecular flexibility index (Phi) is 9.60. The molecule has 0 aliphatic rings. The highest BCUT2D eigenvalue weighted by molar-refractivity contribution is 5.95. The van der Waals surface area contributed by atoms with E-state index in [1.807, 2.05) is 13.0 Å². The van der Waals surface area contributed by atoms with Crippen LogP contribution in [-0.4, -0.2) is 50.8 Å². The third-order valence-electron chi connectivity index (χ3n) is 5.51. The fourth-order valence-corrected chi connectivity index (χ4v) is 3.76. The van der Waals surface area contributed by atoms with E-state index in [9.17, 15) is 4.79 Å². The van der Waals surface area contributed by atoms with Crippen molar-refractivity contribution >= 4 is 5.91 Å². The third kappa shape index (κ3) is 6.76. The van der Waals surface area contributed by atoms with Crippen molar-refractivity contribution in [2.24, 2.45) is 0 Å². The fraction of sp³-hybridized carbons (Fsp3) is 0.423. The second-order valence-electron chi connectivity index (χ2n) is 7.86. The minimum atomic E-state index is -0.154. The van der Waals surface area contributed by atoms with Crippen molar-refractivity contribution in [2.45, 2.75) is 39.8 Å². The van der Waals surface area contributed by atoms with Crippen LogP contribution in [0.4, 0.5) is 0 Å². The Labute approximate surface area is 192 Å². The Morgan fingerprint density at radius 1 is 1.09 bits per heavy atom. The van der Waals surface area contributed by atoms with Crippen LogP contribution in [0.15, 0.2) is 49.1 Å².